The highest BCUT2D eigenvalue weighted by atomic mass is 32.2. The molecule has 2 rings (SSSR count). The van der Waals surface area contributed by atoms with Crippen LogP contribution in [-0.4, -0.2) is 27.4 Å². The number of rotatable bonds is 6. The van der Waals surface area contributed by atoms with Crippen molar-refractivity contribution in [2.24, 2.45) is 0 Å². The average molecular weight is 346 g/mol. The fourth-order valence-electron chi connectivity index (χ4n) is 2.13. The summed E-state index contributed by atoms with van der Waals surface area (Å²) in [5, 5.41) is 2.70. The third-order valence-corrected chi connectivity index (χ3v) is 5.26. The summed E-state index contributed by atoms with van der Waals surface area (Å²) in [6, 6.07) is 12.2. The SMILES string of the molecule is Cc1ccc(C(=O)NCCNS(=O)(=O)c2ccc(C)c(C)c2)cc1. The topological polar surface area (TPSA) is 75.3 Å². The summed E-state index contributed by atoms with van der Waals surface area (Å²) in [4.78, 5) is 12.2. The second-order valence-electron chi connectivity index (χ2n) is 5.77. The van der Waals surface area contributed by atoms with E-state index in [9.17, 15) is 13.2 Å². The Bertz CT molecular complexity index is 828. The molecule has 0 unspecified atom stereocenters. The Kier molecular flexibility index (Phi) is 5.75. The maximum Gasteiger partial charge on any atom is 0.251 e. The zero-order chi connectivity index (χ0) is 17.7. The Balaban J connectivity index is 1.87. The Morgan fingerprint density at radius 2 is 1.58 bits per heavy atom. The van der Waals surface area contributed by atoms with E-state index in [2.05, 4.69) is 10.0 Å². The molecule has 0 radical (unpaired) electrons. The molecule has 2 aromatic rings. The first-order valence-corrected chi connectivity index (χ1v) is 9.20. The Labute approximate surface area is 143 Å². The predicted octanol–water partition coefficient (Wildman–Crippen LogP) is 2.32. The van der Waals surface area contributed by atoms with Crippen molar-refractivity contribution >= 4 is 15.9 Å². The third kappa shape index (κ3) is 4.66. The molecule has 5 nitrogen and oxygen atoms in total. The molecular weight excluding hydrogens is 324 g/mol. The highest BCUT2D eigenvalue weighted by molar-refractivity contribution is 7.89. The molecule has 0 saturated carbocycles. The molecule has 0 aromatic heterocycles. The summed E-state index contributed by atoms with van der Waals surface area (Å²) >= 11 is 0. The Hall–Kier alpha value is -2.18. The van der Waals surface area contributed by atoms with Crippen LogP contribution in [0.4, 0.5) is 0 Å². The number of amides is 1. The molecule has 0 aliphatic carbocycles. The van der Waals surface area contributed by atoms with Gasteiger partial charge in [0.2, 0.25) is 10.0 Å². The zero-order valence-corrected chi connectivity index (χ0v) is 14.9. The van der Waals surface area contributed by atoms with Gasteiger partial charge in [0, 0.05) is 18.7 Å². The number of sulfonamides is 1. The van der Waals surface area contributed by atoms with Gasteiger partial charge in [-0.3, -0.25) is 4.79 Å². The van der Waals surface area contributed by atoms with Crippen LogP contribution in [0.1, 0.15) is 27.0 Å². The lowest BCUT2D eigenvalue weighted by molar-refractivity contribution is 0.0954. The summed E-state index contributed by atoms with van der Waals surface area (Å²) < 4.78 is 26.9. The smallest absolute Gasteiger partial charge is 0.251 e. The minimum Gasteiger partial charge on any atom is -0.351 e. The second kappa shape index (κ2) is 7.59. The summed E-state index contributed by atoms with van der Waals surface area (Å²) in [7, 11) is -3.57. The zero-order valence-electron chi connectivity index (χ0n) is 14.1. The van der Waals surface area contributed by atoms with Crippen molar-refractivity contribution in [3.63, 3.8) is 0 Å². The maximum absolute atomic E-state index is 12.2. The monoisotopic (exact) mass is 346 g/mol. The largest absolute Gasteiger partial charge is 0.351 e. The predicted molar refractivity (Wildman–Crippen MR) is 94.6 cm³/mol. The number of benzene rings is 2. The molecule has 2 N–H and O–H groups in total. The summed E-state index contributed by atoms with van der Waals surface area (Å²) in [6.45, 7) is 6.10. The minimum atomic E-state index is -3.57. The van der Waals surface area contributed by atoms with E-state index < -0.39 is 10.0 Å². The van der Waals surface area contributed by atoms with Crippen molar-refractivity contribution in [3.8, 4) is 0 Å². The first-order chi connectivity index (χ1) is 11.3. The molecular formula is C18H22N2O3S. The van der Waals surface area contributed by atoms with Gasteiger partial charge in [-0.1, -0.05) is 23.8 Å². The van der Waals surface area contributed by atoms with Crippen LogP contribution in [0.5, 0.6) is 0 Å². The fraction of sp³-hybridized carbons (Fsp3) is 0.278. The molecule has 0 bridgehead atoms. The number of carbonyl (C=O) groups excluding carboxylic acids is 1. The molecule has 6 heteroatoms. The normalized spacial score (nSPS) is 11.3. The van der Waals surface area contributed by atoms with Crippen LogP contribution in [0.25, 0.3) is 0 Å². The molecule has 24 heavy (non-hydrogen) atoms. The lowest BCUT2D eigenvalue weighted by Gasteiger charge is -2.09. The molecule has 2 aromatic carbocycles. The van der Waals surface area contributed by atoms with Crippen LogP contribution >= 0.6 is 0 Å². The summed E-state index contributed by atoms with van der Waals surface area (Å²) in [6.07, 6.45) is 0. The highest BCUT2D eigenvalue weighted by Gasteiger charge is 2.14. The van der Waals surface area contributed by atoms with Crippen molar-refractivity contribution in [1.29, 1.82) is 0 Å². The van der Waals surface area contributed by atoms with E-state index in [1.54, 1.807) is 30.3 Å². The van der Waals surface area contributed by atoms with Gasteiger partial charge in [0.1, 0.15) is 0 Å². The van der Waals surface area contributed by atoms with Crippen LogP contribution in [0, 0.1) is 20.8 Å². The molecule has 0 fully saturated rings. The molecule has 0 aliphatic heterocycles. The average Bonchev–Trinajstić information content (AvgIpc) is 2.54. The van der Waals surface area contributed by atoms with Gasteiger partial charge in [0.25, 0.3) is 5.91 Å². The van der Waals surface area contributed by atoms with Crippen molar-refractivity contribution in [3.05, 3.63) is 64.7 Å². The van der Waals surface area contributed by atoms with Crippen molar-refractivity contribution in [2.45, 2.75) is 25.7 Å². The van der Waals surface area contributed by atoms with Gasteiger partial charge in [-0.2, -0.15) is 0 Å². The fourth-order valence-corrected chi connectivity index (χ4v) is 3.25. The van der Waals surface area contributed by atoms with E-state index in [-0.39, 0.29) is 23.9 Å². The Morgan fingerprint density at radius 1 is 0.917 bits per heavy atom. The molecule has 128 valence electrons. The van der Waals surface area contributed by atoms with Crippen molar-refractivity contribution < 1.29 is 13.2 Å². The molecule has 0 aliphatic rings. The van der Waals surface area contributed by atoms with E-state index in [1.165, 1.54) is 0 Å². The molecule has 1 amide bonds. The van der Waals surface area contributed by atoms with E-state index in [1.807, 2.05) is 32.9 Å². The lowest BCUT2D eigenvalue weighted by Crippen LogP contribution is -2.34. The van der Waals surface area contributed by atoms with Crippen molar-refractivity contribution in [1.82, 2.24) is 10.0 Å². The summed E-state index contributed by atoms with van der Waals surface area (Å²) in [5.41, 5.74) is 3.59. The maximum atomic E-state index is 12.2. The van der Waals surface area contributed by atoms with Crippen LogP contribution in [0.15, 0.2) is 47.4 Å². The van der Waals surface area contributed by atoms with Crippen LogP contribution in [0.2, 0.25) is 0 Å². The Morgan fingerprint density at radius 3 is 2.21 bits per heavy atom. The number of carbonyl (C=O) groups is 1. The van der Waals surface area contributed by atoms with Gasteiger partial charge in [0.05, 0.1) is 4.90 Å². The summed E-state index contributed by atoms with van der Waals surface area (Å²) in [5.74, 6) is -0.222. The molecule has 0 heterocycles. The molecule has 0 spiro atoms. The highest BCUT2D eigenvalue weighted by Crippen LogP contribution is 2.14. The molecule has 0 atom stereocenters. The number of hydrogen-bond acceptors (Lipinski definition) is 3. The quantitative estimate of drug-likeness (QED) is 0.788. The number of nitrogens with one attached hydrogen (secondary N) is 2. The van der Waals surface area contributed by atoms with Gasteiger partial charge >= 0.3 is 0 Å². The van der Waals surface area contributed by atoms with Gasteiger partial charge in [-0.25, -0.2) is 13.1 Å². The van der Waals surface area contributed by atoms with E-state index in [0.717, 1.165) is 16.7 Å². The van der Waals surface area contributed by atoms with Crippen LogP contribution in [-0.2, 0) is 10.0 Å². The van der Waals surface area contributed by atoms with Gasteiger partial charge in [-0.05, 0) is 56.2 Å². The first kappa shape index (κ1) is 18.2. The van der Waals surface area contributed by atoms with Gasteiger partial charge < -0.3 is 5.32 Å². The van der Waals surface area contributed by atoms with E-state index >= 15 is 0 Å². The number of hydrogen-bond donors (Lipinski definition) is 2. The van der Waals surface area contributed by atoms with E-state index in [0.29, 0.717) is 5.56 Å². The van der Waals surface area contributed by atoms with Crippen LogP contribution < -0.4 is 10.0 Å². The van der Waals surface area contributed by atoms with Crippen LogP contribution in [0.3, 0.4) is 0 Å². The minimum absolute atomic E-state index is 0.132. The second-order valence-corrected chi connectivity index (χ2v) is 7.53. The number of aryl methyl sites for hydroxylation is 3. The first-order valence-electron chi connectivity index (χ1n) is 7.71. The standard InChI is InChI=1S/C18H22N2O3S/c1-13-4-7-16(8-5-13)18(21)19-10-11-20-24(22,23)17-9-6-14(2)15(3)12-17/h4-9,12,20H,10-11H2,1-3H3,(H,19,21). The lowest BCUT2D eigenvalue weighted by atomic mass is 10.1. The van der Waals surface area contributed by atoms with Gasteiger partial charge in [-0.15, -0.1) is 0 Å². The molecule has 0 saturated heterocycles. The third-order valence-electron chi connectivity index (χ3n) is 3.81. The van der Waals surface area contributed by atoms with E-state index in [4.69, 9.17) is 0 Å². The van der Waals surface area contributed by atoms with Crippen molar-refractivity contribution in [2.75, 3.05) is 13.1 Å². The van der Waals surface area contributed by atoms with Gasteiger partial charge in [0.15, 0.2) is 0 Å².